The molecule has 1 fully saturated rings. The highest BCUT2D eigenvalue weighted by Crippen LogP contribution is 2.17. The Morgan fingerprint density at radius 3 is 2.53 bits per heavy atom. The van der Waals surface area contributed by atoms with Gasteiger partial charge in [0.25, 0.3) is 0 Å². The number of nitrogens with zero attached hydrogens (tertiary/aromatic N) is 1. The average Bonchev–Trinajstić information content (AvgIpc) is 2.19. The van der Waals surface area contributed by atoms with Crippen LogP contribution in [-0.4, -0.2) is 29.8 Å². The standard InChI is InChI=1S/C11H23N3O/c1-8(2)7-13-11(12)14-9-3-5-10(15)6-4-9/h8-10,15H,3-7H2,1-2H3,(H3,12,13,14). The third kappa shape index (κ3) is 5.02. The van der Waals surface area contributed by atoms with Gasteiger partial charge in [0.1, 0.15) is 0 Å². The van der Waals surface area contributed by atoms with Crippen molar-refractivity contribution in [3.63, 3.8) is 0 Å². The maximum Gasteiger partial charge on any atom is 0.188 e. The third-order valence-corrected chi connectivity index (χ3v) is 2.68. The van der Waals surface area contributed by atoms with Gasteiger partial charge in [-0.25, -0.2) is 0 Å². The Morgan fingerprint density at radius 1 is 1.40 bits per heavy atom. The predicted molar refractivity (Wildman–Crippen MR) is 62.7 cm³/mol. The molecule has 0 amide bonds. The lowest BCUT2D eigenvalue weighted by molar-refractivity contribution is 0.120. The lowest BCUT2D eigenvalue weighted by atomic mass is 9.93. The molecular formula is C11H23N3O. The third-order valence-electron chi connectivity index (χ3n) is 2.68. The van der Waals surface area contributed by atoms with E-state index in [1.165, 1.54) is 0 Å². The summed E-state index contributed by atoms with van der Waals surface area (Å²) in [7, 11) is 0. The van der Waals surface area contributed by atoms with Crippen LogP contribution in [-0.2, 0) is 0 Å². The molecule has 0 bridgehead atoms. The van der Waals surface area contributed by atoms with Gasteiger partial charge in [0.15, 0.2) is 5.96 Å². The lowest BCUT2D eigenvalue weighted by Crippen LogP contribution is -2.42. The van der Waals surface area contributed by atoms with E-state index in [1.54, 1.807) is 0 Å². The van der Waals surface area contributed by atoms with E-state index in [9.17, 15) is 5.11 Å². The smallest absolute Gasteiger partial charge is 0.188 e. The normalized spacial score (nSPS) is 28.1. The fourth-order valence-electron chi connectivity index (χ4n) is 1.76. The van der Waals surface area contributed by atoms with Crippen LogP contribution in [0.15, 0.2) is 4.99 Å². The summed E-state index contributed by atoms with van der Waals surface area (Å²) in [6, 6.07) is 0.393. The van der Waals surface area contributed by atoms with Crippen LogP contribution >= 0.6 is 0 Å². The Morgan fingerprint density at radius 2 is 2.00 bits per heavy atom. The summed E-state index contributed by atoms with van der Waals surface area (Å²) in [6.07, 6.45) is 3.60. The van der Waals surface area contributed by atoms with Crippen molar-refractivity contribution in [1.82, 2.24) is 5.32 Å². The molecule has 1 saturated carbocycles. The topological polar surface area (TPSA) is 70.6 Å². The van der Waals surface area contributed by atoms with Crippen molar-refractivity contribution in [2.45, 2.75) is 51.7 Å². The van der Waals surface area contributed by atoms with Crippen molar-refractivity contribution in [1.29, 1.82) is 0 Å². The van der Waals surface area contributed by atoms with Crippen LogP contribution in [0.2, 0.25) is 0 Å². The zero-order chi connectivity index (χ0) is 11.3. The zero-order valence-electron chi connectivity index (χ0n) is 9.74. The number of rotatable bonds is 3. The van der Waals surface area contributed by atoms with Crippen LogP contribution in [0.5, 0.6) is 0 Å². The molecule has 0 heterocycles. The number of nitrogens with one attached hydrogen (secondary N) is 1. The van der Waals surface area contributed by atoms with Gasteiger partial charge in [-0.1, -0.05) is 13.8 Å². The highest BCUT2D eigenvalue weighted by Gasteiger charge is 2.19. The van der Waals surface area contributed by atoms with Gasteiger partial charge in [-0.2, -0.15) is 0 Å². The molecular weight excluding hydrogens is 190 g/mol. The van der Waals surface area contributed by atoms with E-state index in [-0.39, 0.29) is 6.10 Å². The number of guanidine groups is 1. The van der Waals surface area contributed by atoms with Gasteiger partial charge in [-0.05, 0) is 31.6 Å². The molecule has 0 aliphatic heterocycles. The van der Waals surface area contributed by atoms with Gasteiger partial charge in [0.05, 0.1) is 6.10 Å². The largest absolute Gasteiger partial charge is 0.393 e. The number of aliphatic imine (C=N–C) groups is 1. The van der Waals surface area contributed by atoms with Crippen LogP contribution in [0.25, 0.3) is 0 Å². The van der Waals surface area contributed by atoms with Crippen LogP contribution in [0.3, 0.4) is 0 Å². The zero-order valence-corrected chi connectivity index (χ0v) is 9.74. The summed E-state index contributed by atoms with van der Waals surface area (Å²) in [5, 5.41) is 12.6. The lowest BCUT2D eigenvalue weighted by Gasteiger charge is -2.26. The number of hydrogen-bond acceptors (Lipinski definition) is 2. The second-order valence-electron chi connectivity index (χ2n) is 4.77. The first-order valence-electron chi connectivity index (χ1n) is 5.82. The maximum absolute atomic E-state index is 9.35. The summed E-state index contributed by atoms with van der Waals surface area (Å²) in [6.45, 7) is 5.01. The number of hydrogen-bond donors (Lipinski definition) is 3. The minimum atomic E-state index is -0.114. The highest BCUT2D eigenvalue weighted by atomic mass is 16.3. The minimum Gasteiger partial charge on any atom is -0.393 e. The number of nitrogens with two attached hydrogens (primary N) is 1. The molecule has 0 atom stereocenters. The van der Waals surface area contributed by atoms with Crippen molar-refractivity contribution < 1.29 is 5.11 Å². The van der Waals surface area contributed by atoms with Gasteiger partial charge >= 0.3 is 0 Å². The predicted octanol–water partition coefficient (Wildman–Crippen LogP) is 0.850. The molecule has 4 heteroatoms. The van der Waals surface area contributed by atoms with Crippen LogP contribution in [0.1, 0.15) is 39.5 Å². The average molecular weight is 213 g/mol. The Bertz CT molecular complexity index is 208. The monoisotopic (exact) mass is 213 g/mol. The van der Waals surface area contributed by atoms with Crippen LogP contribution in [0, 0.1) is 5.92 Å². The summed E-state index contributed by atoms with van der Waals surface area (Å²) in [5.41, 5.74) is 5.76. The molecule has 4 N–H and O–H groups in total. The van der Waals surface area contributed by atoms with Crippen molar-refractivity contribution in [2.24, 2.45) is 16.6 Å². The number of aliphatic hydroxyl groups is 1. The molecule has 1 rings (SSSR count). The molecule has 0 radical (unpaired) electrons. The van der Waals surface area contributed by atoms with E-state index in [0.29, 0.717) is 17.9 Å². The summed E-state index contributed by atoms with van der Waals surface area (Å²) < 4.78 is 0. The van der Waals surface area contributed by atoms with E-state index >= 15 is 0 Å². The van der Waals surface area contributed by atoms with E-state index in [2.05, 4.69) is 24.2 Å². The first kappa shape index (κ1) is 12.3. The fourth-order valence-corrected chi connectivity index (χ4v) is 1.76. The van der Waals surface area contributed by atoms with Gasteiger partial charge in [0.2, 0.25) is 0 Å². The van der Waals surface area contributed by atoms with Gasteiger partial charge < -0.3 is 16.2 Å². The van der Waals surface area contributed by atoms with Crippen LogP contribution < -0.4 is 11.1 Å². The molecule has 0 aromatic rings. The molecule has 0 unspecified atom stereocenters. The van der Waals surface area contributed by atoms with Gasteiger partial charge in [-0.3, -0.25) is 4.99 Å². The van der Waals surface area contributed by atoms with E-state index in [0.717, 1.165) is 32.2 Å². The number of aliphatic hydroxyl groups excluding tert-OH is 1. The summed E-state index contributed by atoms with van der Waals surface area (Å²) >= 11 is 0. The van der Waals surface area contributed by atoms with E-state index in [1.807, 2.05) is 0 Å². The quantitative estimate of drug-likeness (QED) is 0.481. The molecule has 0 saturated heterocycles. The molecule has 0 spiro atoms. The molecule has 4 nitrogen and oxygen atoms in total. The molecule has 1 aliphatic carbocycles. The maximum atomic E-state index is 9.35. The molecule has 1 aliphatic rings. The van der Waals surface area contributed by atoms with Crippen molar-refractivity contribution in [3.05, 3.63) is 0 Å². The molecule has 88 valence electrons. The van der Waals surface area contributed by atoms with E-state index < -0.39 is 0 Å². The molecule has 0 aromatic carbocycles. The SMILES string of the molecule is CC(C)CN=C(N)NC1CCC(O)CC1. The first-order valence-corrected chi connectivity index (χ1v) is 5.82. The van der Waals surface area contributed by atoms with Crippen molar-refractivity contribution >= 4 is 5.96 Å². The van der Waals surface area contributed by atoms with Gasteiger partial charge in [-0.15, -0.1) is 0 Å². The Hall–Kier alpha value is -0.770. The van der Waals surface area contributed by atoms with Crippen molar-refractivity contribution in [3.8, 4) is 0 Å². The highest BCUT2D eigenvalue weighted by molar-refractivity contribution is 5.78. The Kier molecular flexibility index (Phi) is 4.88. The molecule has 0 aromatic heterocycles. The fraction of sp³-hybridized carbons (Fsp3) is 0.909. The van der Waals surface area contributed by atoms with Crippen LogP contribution in [0.4, 0.5) is 0 Å². The molecule has 15 heavy (non-hydrogen) atoms. The summed E-state index contributed by atoms with van der Waals surface area (Å²) in [5.74, 6) is 1.09. The second kappa shape index (κ2) is 5.95. The Labute approximate surface area is 92.0 Å². The Balaban J connectivity index is 2.25. The summed E-state index contributed by atoms with van der Waals surface area (Å²) in [4.78, 5) is 4.26. The minimum absolute atomic E-state index is 0.114. The first-order chi connectivity index (χ1) is 7.08. The van der Waals surface area contributed by atoms with Gasteiger partial charge in [0, 0.05) is 12.6 Å². The second-order valence-corrected chi connectivity index (χ2v) is 4.77. The van der Waals surface area contributed by atoms with E-state index in [4.69, 9.17) is 5.73 Å². The van der Waals surface area contributed by atoms with Crippen molar-refractivity contribution in [2.75, 3.05) is 6.54 Å².